The number of hydrogen-bond donors (Lipinski definition) is 1. The smallest absolute Gasteiger partial charge is 0.276 e. The number of nitriles is 1. The standard InChI is InChI=1S/C17H10N8OS/c18-5-14-15(12-3-1-2-4-22-12)23-17(27-14)24-16(26)13-8-21-10-25(13)11-6-19-9-20-7-11/h1-4,6-10H,(H,23,24,26). The van der Waals surface area contributed by atoms with E-state index in [1.165, 1.54) is 18.9 Å². The number of pyridine rings is 1. The van der Waals surface area contributed by atoms with Gasteiger partial charge in [0, 0.05) is 6.20 Å². The summed E-state index contributed by atoms with van der Waals surface area (Å²) in [6.45, 7) is 0. The van der Waals surface area contributed by atoms with Crippen molar-refractivity contribution in [1.82, 2.24) is 29.5 Å². The van der Waals surface area contributed by atoms with Gasteiger partial charge in [0.05, 0.1) is 36.3 Å². The fraction of sp³-hybridized carbons (Fsp3) is 0. The Morgan fingerprint density at radius 3 is 2.78 bits per heavy atom. The van der Waals surface area contributed by atoms with Crippen molar-refractivity contribution in [3.05, 3.63) is 66.2 Å². The van der Waals surface area contributed by atoms with Crippen LogP contribution in [0.5, 0.6) is 0 Å². The number of thiazole rings is 1. The van der Waals surface area contributed by atoms with E-state index in [2.05, 4.69) is 36.3 Å². The molecule has 0 aromatic carbocycles. The van der Waals surface area contributed by atoms with Gasteiger partial charge in [-0.1, -0.05) is 17.4 Å². The lowest BCUT2D eigenvalue weighted by Gasteiger charge is -2.06. The molecule has 27 heavy (non-hydrogen) atoms. The molecule has 10 heteroatoms. The van der Waals surface area contributed by atoms with Crippen LogP contribution in [-0.4, -0.2) is 35.4 Å². The van der Waals surface area contributed by atoms with Gasteiger partial charge in [-0.3, -0.25) is 19.7 Å². The number of anilines is 1. The van der Waals surface area contributed by atoms with E-state index in [0.717, 1.165) is 11.3 Å². The van der Waals surface area contributed by atoms with Crippen molar-refractivity contribution in [2.75, 3.05) is 5.32 Å². The first-order chi connectivity index (χ1) is 13.3. The molecule has 4 heterocycles. The van der Waals surface area contributed by atoms with Gasteiger partial charge in [0.15, 0.2) is 5.13 Å². The van der Waals surface area contributed by atoms with Crippen LogP contribution in [0, 0.1) is 11.3 Å². The lowest BCUT2D eigenvalue weighted by Crippen LogP contribution is -2.16. The molecule has 0 fully saturated rings. The molecule has 0 aliphatic rings. The maximum Gasteiger partial charge on any atom is 0.276 e. The van der Waals surface area contributed by atoms with Crippen LogP contribution >= 0.6 is 11.3 Å². The minimum atomic E-state index is -0.415. The van der Waals surface area contributed by atoms with E-state index in [0.29, 0.717) is 27.1 Å². The Labute approximate surface area is 157 Å². The molecule has 4 rings (SSSR count). The molecule has 0 radical (unpaired) electrons. The summed E-state index contributed by atoms with van der Waals surface area (Å²) >= 11 is 1.08. The first-order valence-electron chi connectivity index (χ1n) is 7.67. The zero-order valence-corrected chi connectivity index (χ0v) is 14.5. The van der Waals surface area contributed by atoms with Crippen LogP contribution < -0.4 is 5.32 Å². The van der Waals surface area contributed by atoms with E-state index in [4.69, 9.17) is 0 Å². The summed E-state index contributed by atoms with van der Waals surface area (Å²) in [5.74, 6) is -0.415. The van der Waals surface area contributed by atoms with Gasteiger partial charge < -0.3 is 0 Å². The third-order valence-corrected chi connectivity index (χ3v) is 4.43. The summed E-state index contributed by atoms with van der Waals surface area (Å²) in [7, 11) is 0. The molecule has 1 N–H and O–H groups in total. The first-order valence-corrected chi connectivity index (χ1v) is 8.49. The molecule has 130 valence electrons. The van der Waals surface area contributed by atoms with Crippen molar-refractivity contribution >= 4 is 22.4 Å². The van der Waals surface area contributed by atoms with Crippen molar-refractivity contribution in [2.45, 2.75) is 0 Å². The Bertz CT molecular complexity index is 1130. The highest BCUT2D eigenvalue weighted by Crippen LogP contribution is 2.29. The molecule has 4 aromatic rings. The molecule has 0 saturated carbocycles. The fourth-order valence-corrected chi connectivity index (χ4v) is 3.14. The van der Waals surface area contributed by atoms with Crippen LogP contribution in [0.25, 0.3) is 17.1 Å². The molecule has 0 bridgehead atoms. The Morgan fingerprint density at radius 2 is 2.04 bits per heavy atom. The number of carbonyl (C=O) groups excluding carboxylic acids is 1. The number of imidazole rings is 1. The van der Waals surface area contributed by atoms with Gasteiger partial charge in [0.2, 0.25) is 0 Å². The molecule has 0 spiro atoms. The van der Waals surface area contributed by atoms with E-state index in [1.54, 1.807) is 35.3 Å². The highest BCUT2D eigenvalue weighted by molar-refractivity contribution is 7.16. The number of carbonyl (C=O) groups is 1. The second-order valence-corrected chi connectivity index (χ2v) is 6.22. The predicted molar refractivity (Wildman–Crippen MR) is 97.2 cm³/mol. The van der Waals surface area contributed by atoms with Gasteiger partial charge in [0.25, 0.3) is 5.91 Å². The van der Waals surface area contributed by atoms with E-state index in [-0.39, 0.29) is 5.69 Å². The quantitative estimate of drug-likeness (QED) is 0.581. The number of nitrogens with one attached hydrogen (secondary N) is 1. The number of aromatic nitrogens is 6. The molecule has 0 atom stereocenters. The Kier molecular flexibility index (Phi) is 4.34. The predicted octanol–water partition coefficient (Wildman–Crippen LogP) is 2.30. The largest absolute Gasteiger partial charge is 0.296 e. The minimum Gasteiger partial charge on any atom is -0.296 e. The summed E-state index contributed by atoms with van der Waals surface area (Å²) in [6.07, 6.45) is 9.09. The van der Waals surface area contributed by atoms with Gasteiger partial charge in [-0.2, -0.15) is 5.26 Å². The summed E-state index contributed by atoms with van der Waals surface area (Å²) in [5, 5.41) is 12.4. The highest BCUT2D eigenvalue weighted by atomic mass is 32.1. The van der Waals surface area contributed by atoms with Crippen molar-refractivity contribution in [3.63, 3.8) is 0 Å². The maximum absolute atomic E-state index is 12.7. The van der Waals surface area contributed by atoms with Gasteiger partial charge in [-0.25, -0.2) is 19.9 Å². The van der Waals surface area contributed by atoms with Crippen LogP contribution in [0.2, 0.25) is 0 Å². The summed E-state index contributed by atoms with van der Waals surface area (Å²) in [4.78, 5) is 33.5. The monoisotopic (exact) mass is 374 g/mol. The second kappa shape index (κ2) is 7.11. The van der Waals surface area contributed by atoms with E-state index >= 15 is 0 Å². The van der Waals surface area contributed by atoms with Gasteiger partial charge >= 0.3 is 0 Å². The van der Waals surface area contributed by atoms with Crippen molar-refractivity contribution in [3.8, 4) is 23.1 Å². The topological polar surface area (TPSA) is 122 Å². The molecule has 9 nitrogen and oxygen atoms in total. The summed E-state index contributed by atoms with van der Waals surface area (Å²) in [6, 6.07) is 7.43. The zero-order valence-electron chi connectivity index (χ0n) is 13.6. The molecule has 0 aliphatic heterocycles. The average molecular weight is 374 g/mol. The molecule has 0 aliphatic carbocycles. The molecule has 1 amide bonds. The molecular weight excluding hydrogens is 364 g/mol. The maximum atomic E-state index is 12.7. The van der Waals surface area contributed by atoms with Crippen LogP contribution in [0.15, 0.2) is 55.6 Å². The third kappa shape index (κ3) is 3.26. The second-order valence-electron chi connectivity index (χ2n) is 5.22. The lowest BCUT2D eigenvalue weighted by molar-refractivity contribution is 0.102. The normalized spacial score (nSPS) is 10.3. The van der Waals surface area contributed by atoms with Crippen LogP contribution in [0.3, 0.4) is 0 Å². The number of nitrogens with zero attached hydrogens (tertiary/aromatic N) is 7. The molecule has 0 saturated heterocycles. The van der Waals surface area contributed by atoms with Gasteiger partial charge in [-0.15, -0.1) is 0 Å². The van der Waals surface area contributed by atoms with Crippen molar-refractivity contribution in [1.29, 1.82) is 5.26 Å². The molecule has 4 aromatic heterocycles. The Hall–Kier alpha value is -3.97. The number of amides is 1. The molecular formula is C17H10N8OS. The Balaban J connectivity index is 1.63. The first kappa shape index (κ1) is 16.5. The van der Waals surface area contributed by atoms with E-state index < -0.39 is 5.91 Å². The average Bonchev–Trinajstić information content (AvgIpc) is 3.36. The number of hydrogen-bond acceptors (Lipinski definition) is 8. The zero-order chi connectivity index (χ0) is 18.6. The van der Waals surface area contributed by atoms with Crippen LogP contribution in [0.1, 0.15) is 15.4 Å². The molecule has 0 unspecified atom stereocenters. The summed E-state index contributed by atoms with van der Waals surface area (Å²) in [5.41, 5.74) is 1.89. The van der Waals surface area contributed by atoms with Crippen LogP contribution in [-0.2, 0) is 0 Å². The third-order valence-electron chi connectivity index (χ3n) is 3.55. The lowest BCUT2D eigenvalue weighted by atomic mass is 10.2. The SMILES string of the molecule is N#Cc1sc(NC(=O)c2cncn2-c2cncnc2)nc1-c1ccccn1. The summed E-state index contributed by atoms with van der Waals surface area (Å²) < 4.78 is 1.56. The highest BCUT2D eigenvalue weighted by Gasteiger charge is 2.18. The van der Waals surface area contributed by atoms with E-state index in [1.807, 2.05) is 6.07 Å². The van der Waals surface area contributed by atoms with Gasteiger partial charge in [0.1, 0.15) is 28.7 Å². The number of rotatable bonds is 4. The fourth-order valence-electron chi connectivity index (χ4n) is 2.37. The minimum absolute atomic E-state index is 0.290. The van der Waals surface area contributed by atoms with Crippen molar-refractivity contribution < 1.29 is 4.79 Å². The Morgan fingerprint density at radius 1 is 1.19 bits per heavy atom. The van der Waals surface area contributed by atoms with E-state index in [9.17, 15) is 10.1 Å². The van der Waals surface area contributed by atoms with Crippen LogP contribution in [0.4, 0.5) is 5.13 Å². The van der Waals surface area contributed by atoms with Crippen molar-refractivity contribution in [2.24, 2.45) is 0 Å². The van der Waals surface area contributed by atoms with Gasteiger partial charge in [-0.05, 0) is 12.1 Å².